The van der Waals surface area contributed by atoms with Gasteiger partial charge in [0, 0.05) is 26.2 Å². The lowest BCUT2D eigenvalue weighted by Gasteiger charge is -2.33. The lowest BCUT2D eigenvalue weighted by molar-refractivity contribution is 0.00756. The van der Waals surface area contributed by atoms with Crippen LogP contribution < -0.4 is 5.32 Å². The lowest BCUT2D eigenvalue weighted by atomic mass is 10.1. The van der Waals surface area contributed by atoms with Gasteiger partial charge < -0.3 is 9.73 Å². The van der Waals surface area contributed by atoms with Crippen LogP contribution in [-0.4, -0.2) is 37.5 Å². The van der Waals surface area contributed by atoms with E-state index in [-0.39, 0.29) is 35.8 Å². The summed E-state index contributed by atoms with van der Waals surface area (Å²) >= 11 is 5.61. The molecule has 0 spiro atoms. The van der Waals surface area contributed by atoms with Crippen LogP contribution in [0.4, 0.5) is 8.78 Å². The van der Waals surface area contributed by atoms with Crippen LogP contribution in [0.15, 0.2) is 16.5 Å². The first kappa shape index (κ1) is 17.9. The minimum Gasteiger partial charge on any atom is -0.448 e. The molecule has 1 aliphatic rings. The molecule has 3 nitrogen and oxygen atoms in total. The number of hydrogen-bond donors (Lipinski definition) is 1. The van der Waals surface area contributed by atoms with Crippen molar-refractivity contribution in [1.29, 1.82) is 0 Å². The van der Waals surface area contributed by atoms with Crippen LogP contribution in [0.1, 0.15) is 11.8 Å². The monoisotopic (exact) mass is 322 g/mol. The molecule has 0 unspecified atom stereocenters. The molecule has 0 amide bonds. The summed E-state index contributed by atoms with van der Waals surface area (Å²) in [4.78, 5) is 1.72. The molecule has 106 valence electrons. The van der Waals surface area contributed by atoms with E-state index in [0.717, 1.165) is 13.1 Å². The Kier molecular flexibility index (Phi) is 8.14. The van der Waals surface area contributed by atoms with E-state index in [1.807, 2.05) is 0 Å². The van der Waals surface area contributed by atoms with Crippen molar-refractivity contribution in [2.45, 2.75) is 12.5 Å². The standard InChI is InChI=1S/C10H13ClF2N2O.2ClH/c11-8-2-1-7(16-8)9(10(12)13)15-5-3-14-4-6-15;;/h1-2,9-10,14H,3-6H2;2*1H/t9-;;/m0../s1. The summed E-state index contributed by atoms with van der Waals surface area (Å²) in [5.41, 5.74) is 0. The zero-order valence-electron chi connectivity index (χ0n) is 9.44. The molecule has 18 heavy (non-hydrogen) atoms. The SMILES string of the molecule is Cl.Cl.FC(F)[C@H](c1ccc(Cl)o1)N1CCNCC1. The van der Waals surface area contributed by atoms with Gasteiger partial charge >= 0.3 is 0 Å². The van der Waals surface area contributed by atoms with E-state index in [9.17, 15) is 8.78 Å². The Hall–Kier alpha value is -0.0700. The highest BCUT2D eigenvalue weighted by molar-refractivity contribution is 6.28. The topological polar surface area (TPSA) is 28.4 Å². The number of nitrogens with one attached hydrogen (secondary N) is 1. The van der Waals surface area contributed by atoms with E-state index >= 15 is 0 Å². The highest BCUT2D eigenvalue weighted by Crippen LogP contribution is 2.30. The van der Waals surface area contributed by atoms with Gasteiger partial charge in [-0.05, 0) is 23.7 Å². The Labute approximate surface area is 122 Å². The lowest BCUT2D eigenvalue weighted by Crippen LogP contribution is -2.46. The summed E-state index contributed by atoms with van der Waals surface area (Å²) in [6.45, 7) is 2.62. The minimum absolute atomic E-state index is 0. The zero-order chi connectivity index (χ0) is 11.5. The number of halogens is 5. The fraction of sp³-hybridized carbons (Fsp3) is 0.600. The fourth-order valence-electron chi connectivity index (χ4n) is 1.91. The molecule has 0 aromatic carbocycles. The largest absolute Gasteiger partial charge is 0.448 e. The molecule has 1 N–H and O–H groups in total. The molecule has 2 rings (SSSR count). The van der Waals surface area contributed by atoms with Crippen LogP contribution in [0.2, 0.25) is 5.22 Å². The van der Waals surface area contributed by atoms with Gasteiger partial charge in [0.2, 0.25) is 0 Å². The van der Waals surface area contributed by atoms with Crippen LogP contribution in [0.25, 0.3) is 0 Å². The second-order valence-electron chi connectivity index (χ2n) is 3.71. The smallest absolute Gasteiger partial charge is 0.261 e. The predicted molar refractivity (Wildman–Crippen MR) is 71.4 cm³/mol. The third-order valence-electron chi connectivity index (χ3n) is 2.67. The van der Waals surface area contributed by atoms with Crippen molar-refractivity contribution in [3.63, 3.8) is 0 Å². The van der Waals surface area contributed by atoms with E-state index in [1.165, 1.54) is 12.1 Å². The number of rotatable bonds is 3. The number of furan rings is 1. The van der Waals surface area contributed by atoms with E-state index in [2.05, 4.69) is 5.32 Å². The molecule has 0 radical (unpaired) electrons. The second kappa shape index (κ2) is 8.17. The molecule has 1 aromatic heterocycles. The number of piperazine rings is 1. The number of nitrogens with zero attached hydrogens (tertiary/aromatic N) is 1. The average Bonchev–Trinajstić information content (AvgIpc) is 2.66. The summed E-state index contributed by atoms with van der Waals surface area (Å²) in [6.07, 6.45) is -2.47. The van der Waals surface area contributed by atoms with Crippen LogP contribution in [0, 0.1) is 0 Å². The van der Waals surface area contributed by atoms with Crippen molar-refractivity contribution in [2.24, 2.45) is 0 Å². The normalized spacial score (nSPS) is 18.0. The summed E-state index contributed by atoms with van der Waals surface area (Å²) in [6, 6.07) is 2.02. The molecule has 2 heterocycles. The zero-order valence-corrected chi connectivity index (χ0v) is 11.8. The quantitative estimate of drug-likeness (QED) is 0.927. The van der Waals surface area contributed by atoms with Gasteiger partial charge in [-0.1, -0.05) is 0 Å². The van der Waals surface area contributed by atoms with Gasteiger partial charge in [-0.15, -0.1) is 24.8 Å². The van der Waals surface area contributed by atoms with Crippen LogP contribution in [0.5, 0.6) is 0 Å². The van der Waals surface area contributed by atoms with Crippen molar-refractivity contribution in [2.75, 3.05) is 26.2 Å². The number of alkyl halides is 2. The number of hydrogen-bond acceptors (Lipinski definition) is 3. The molecule has 1 aliphatic heterocycles. The van der Waals surface area contributed by atoms with Gasteiger partial charge in [-0.25, -0.2) is 8.78 Å². The predicted octanol–water partition coefficient (Wildman–Crippen LogP) is 2.99. The summed E-state index contributed by atoms with van der Waals surface area (Å²) in [5, 5.41) is 3.27. The van der Waals surface area contributed by atoms with Crippen molar-refractivity contribution < 1.29 is 13.2 Å². The molecule has 0 saturated carbocycles. The van der Waals surface area contributed by atoms with E-state index < -0.39 is 12.5 Å². The van der Waals surface area contributed by atoms with Crippen LogP contribution >= 0.6 is 36.4 Å². The third-order valence-corrected chi connectivity index (χ3v) is 2.87. The molecule has 1 atom stereocenters. The first-order valence-electron chi connectivity index (χ1n) is 5.16. The van der Waals surface area contributed by atoms with Crippen molar-refractivity contribution in [1.82, 2.24) is 10.2 Å². The van der Waals surface area contributed by atoms with Gasteiger partial charge in [0.05, 0.1) is 0 Å². The average molecular weight is 324 g/mol. The maximum absolute atomic E-state index is 13.0. The molecule has 1 aromatic rings. The molecule has 0 aliphatic carbocycles. The Morgan fingerprint density at radius 1 is 1.22 bits per heavy atom. The van der Waals surface area contributed by atoms with Gasteiger partial charge in [-0.2, -0.15) is 0 Å². The van der Waals surface area contributed by atoms with Crippen molar-refractivity contribution in [3.05, 3.63) is 23.1 Å². The van der Waals surface area contributed by atoms with Crippen LogP contribution in [-0.2, 0) is 0 Å². The third kappa shape index (κ3) is 4.24. The Balaban J connectivity index is 0.00000144. The molecule has 8 heteroatoms. The fourth-order valence-corrected chi connectivity index (χ4v) is 2.06. The van der Waals surface area contributed by atoms with Gasteiger partial charge in [0.15, 0.2) is 5.22 Å². The Morgan fingerprint density at radius 3 is 2.28 bits per heavy atom. The second-order valence-corrected chi connectivity index (χ2v) is 4.08. The summed E-state index contributed by atoms with van der Waals surface area (Å²) in [5.74, 6) is 0.238. The van der Waals surface area contributed by atoms with Gasteiger partial charge in [0.1, 0.15) is 11.8 Å². The van der Waals surface area contributed by atoms with E-state index in [0.29, 0.717) is 13.1 Å². The summed E-state index contributed by atoms with van der Waals surface area (Å²) in [7, 11) is 0. The molecule has 1 saturated heterocycles. The molecular formula is C10H15Cl3F2N2O. The highest BCUT2D eigenvalue weighted by Gasteiger charge is 2.32. The maximum Gasteiger partial charge on any atom is 0.261 e. The Bertz CT molecular complexity index is 346. The summed E-state index contributed by atoms with van der Waals surface area (Å²) < 4.78 is 31.1. The van der Waals surface area contributed by atoms with E-state index in [4.69, 9.17) is 16.0 Å². The maximum atomic E-state index is 13.0. The minimum atomic E-state index is -2.47. The molecule has 0 bridgehead atoms. The molecular weight excluding hydrogens is 308 g/mol. The van der Waals surface area contributed by atoms with E-state index in [1.54, 1.807) is 4.90 Å². The van der Waals surface area contributed by atoms with Crippen molar-refractivity contribution >= 4 is 36.4 Å². The first-order chi connectivity index (χ1) is 7.68. The van der Waals surface area contributed by atoms with Crippen molar-refractivity contribution in [3.8, 4) is 0 Å². The van der Waals surface area contributed by atoms with Gasteiger partial charge in [0.25, 0.3) is 6.43 Å². The molecule has 1 fully saturated rings. The van der Waals surface area contributed by atoms with Crippen LogP contribution in [0.3, 0.4) is 0 Å². The first-order valence-corrected chi connectivity index (χ1v) is 5.54. The van der Waals surface area contributed by atoms with Gasteiger partial charge in [-0.3, -0.25) is 4.90 Å². The highest BCUT2D eigenvalue weighted by atomic mass is 35.5. The Morgan fingerprint density at radius 2 is 1.83 bits per heavy atom.